The van der Waals surface area contributed by atoms with Crippen molar-refractivity contribution in [1.82, 2.24) is 9.55 Å². The Kier molecular flexibility index (Phi) is 5.75. The largest absolute Gasteiger partial charge is 0.451 e. The molecule has 3 rings (SSSR count). The lowest BCUT2D eigenvalue weighted by Gasteiger charge is -2.15. The van der Waals surface area contributed by atoms with Gasteiger partial charge >= 0.3 is 5.97 Å². The molecular formula is C20H18ClN3O4. The molecule has 1 aromatic heterocycles. The number of carbonyl (C=O) groups excluding carboxylic acids is 2. The van der Waals surface area contributed by atoms with E-state index in [2.05, 4.69) is 10.3 Å². The highest BCUT2D eigenvalue weighted by Gasteiger charge is 2.19. The van der Waals surface area contributed by atoms with E-state index in [-0.39, 0.29) is 12.1 Å². The second-order valence-electron chi connectivity index (χ2n) is 6.28. The van der Waals surface area contributed by atoms with Crippen molar-refractivity contribution in [1.29, 1.82) is 0 Å². The summed E-state index contributed by atoms with van der Waals surface area (Å²) in [5, 5.41) is 3.56. The van der Waals surface area contributed by atoms with Gasteiger partial charge in [0.2, 0.25) is 0 Å². The zero-order chi connectivity index (χ0) is 20.3. The lowest BCUT2D eigenvalue weighted by atomic mass is 10.2. The van der Waals surface area contributed by atoms with Crippen molar-refractivity contribution in [2.24, 2.45) is 0 Å². The summed E-state index contributed by atoms with van der Waals surface area (Å²) in [6, 6.07) is 11.9. The van der Waals surface area contributed by atoms with Crippen LogP contribution in [0.1, 0.15) is 12.5 Å². The molecule has 3 aromatic rings. The predicted octanol–water partition coefficient (Wildman–Crippen LogP) is 2.93. The Hall–Kier alpha value is -3.19. The van der Waals surface area contributed by atoms with Crippen molar-refractivity contribution in [3.63, 3.8) is 0 Å². The molecule has 0 bridgehead atoms. The number of halogens is 1. The van der Waals surface area contributed by atoms with Crippen LogP contribution in [0.5, 0.6) is 0 Å². The summed E-state index contributed by atoms with van der Waals surface area (Å²) in [5.74, 6) is -1.22. The number of aromatic nitrogens is 2. The number of fused-ring (bicyclic) bond motifs is 1. The lowest BCUT2D eigenvalue weighted by molar-refractivity contribution is -0.153. The van der Waals surface area contributed by atoms with Crippen molar-refractivity contribution in [2.75, 3.05) is 5.32 Å². The molecule has 8 heteroatoms. The summed E-state index contributed by atoms with van der Waals surface area (Å²) in [6.45, 7) is 2.93. The molecule has 1 amide bonds. The van der Waals surface area contributed by atoms with Crippen molar-refractivity contribution in [2.45, 2.75) is 26.5 Å². The number of benzene rings is 2. The number of para-hydroxylation sites is 1. The Bertz CT molecular complexity index is 1110. The first kappa shape index (κ1) is 19.6. The van der Waals surface area contributed by atoms with Gasteiger partial charge in [-0.05, 0) is 43.7 Å². The number of carbonyl (C=O) groups is 2. The van der Waals surface area contributed by atoms with Gasteiger partial charge in [-0.2, -0.15) is 0 Å². The number of ether oxygens (including phenoxy) is 1. The molecule has 28 heavy (non-hydrogen) atoms. The van der Waals surface area contributed by atoms with Crippen molar-refractivity contribution in [3.8, 4) is 0 Å². The molecule has 0 aliphatic heterocycles. The fourth-order valence-corrected chi connectivity index (χ4v) is 2.78. The zero-order valence-electron chi connectivity index (χ0n) is 15.3. The Morgan fingerprint density at radius 1 is 1.25 bits per heavy atom. The Morgan fingerprint density at radius 2 is 2.00 bits per heavy atom. The Labute approximate surface area is 165 Å². The van der Waals surface area contributed by atoms with Crippen molar-refractivity contribution >= 4 is 40.1 Å². The molecule has 0 spiro atoms. The quantitative estimate of drug-likeness (QED) is 0.666. The minimum absolute atomic E-state index is 0.343. The number of amides is 1. The molecule has 0 radical (unpaired) electrons. The summed E-state index contributed by atoms with van der Waals surface area (Å²) in [5.41, 5.74) is 1.55. The third kappa shape index (κ3) is 4.37. The van der Waals surface area contributed by atoms with Crippen LogP contribution in [0, 0.1) is 6.92 Å². The number of anilines is 1. The molecule has 1 N–H and O–H groups in total. The maximum Gasteiger partial charge on any atom is 0.326 e. The van der Waals surface area contributed by atoms with E-state index >= 15 is 0 Å². The van der Waals surface area contributed by atoms with Gasteiger partial charge in [-0.3, -0.25) is 19.0 Å². The number of rotatable bonds is 5. The summed E-state index contributed by atoms with van der Waals surface area (Å²) in [4.78, 5) is 41.0. The smallest absolute Gasteiger partial charge is 0.326 e. The average Bonchev–Trinajstić information content (AvgIpc) is 2.67. The fraction of sp³-hybridized carbons (Fsp3) is 0.200. The SMILES string of the molecule is Cc1ccc(Cl)cc1NC(=O)C(C)OC(=O)Cn1cnc2ccccc2c1=O. The molecular weight excluding hydrogens is 382 g/mol. The molecule has 144 valence electrons. The summed E-state index contributed by atoms with van der Waals surface area (Å²) >= 11 is 5.94. The van der Waals surface area contributed by atoms with Crippen LogP contribution in [0.15, 0.2) is 53.6 Å². The van der Waals surface area contributed by atoms with Crippen LogP contribution in [-0.4, -0.2) is 27.5 Å². The van der Waals surface area contributed by atoms with E-state index in [1.165, 1.54) is 13.3 Å². The molecule has 7 nitrogen and oxygen atoms in total. The van der Waals surface area contributed by atoms with Crippen LogP contribution < -0.4 is 10.9 Å². The van der Waals surface area contributed by atoms with Crippen LogP contribution in [0.4, 0.5) is 5.69 Å². The first-order valence-electron chi connectivity index (χ1n) is 8.56. The molecule has 0 fully saturated rings. The van der Waals surface area contributed by atoms with Gasteiger partial charge in [0.25, 0.3) is 11.5 Å². The molecule has 1 unspecified atom stereocenters. The van der Waals surface area contributed by atoms with Crippen LogP contribution in [0.25, 0.3) is 10.9 Å². The summed E-state index contributed by atoms with van der Waals surface area (Å²) in [6.07, 6.45) is 0.237. The number of aryl methyl sites for hydroxylation is 1. The summed E-state index contributed by atoms with van der Waals surface area (Å²) < 4.78 is 6.30. The van der Waals surface area contributed by atoms with Gasteiger partial charge in [0.05, 0.1) is 17.2 Å². The first-order valence-corrected chi connectivity index (χ1v) is 8.93. The molecule has 0 saturated carbocycles. The second-order valence-corrected chi connectivity index (χ2v) is 6.71. The van der Waals surface area contributed by atoms with Crippen LogP contribution in [0.3, 0.4) is 0 Å². The normalized spacial score (nSPS) is 11.8. The molecule has 1 heterocycles. The predicted molar refractivity (Wildman–Crippen MR) is 106 cm³/mol. The minimum Gasteiger partial charge on any atom is -0.451 e. The Morgan fingerprint density at radius 3 is 2.79 bits per heavy atom. The number of nitrogens with zero attached hydrogens (tertiary/aromatic N) is 2. The molecule has 1 atom stereocenters. The first-order chi connectivity index (χ1) is 13.3. The lowest BCUT2D eigenvalue weighted by Crippen LogP contribution is -2.33. The molecule has 0 saturated heterocycles. The fourth-order valence-electron chi connectivity index (χ4n) is 2.61. The number of nitrogens with one attached hydrogen (secondary N) is 1. The van der Waals surface area contributed by atoms with Gasteiger partial charge in [-0.25, -0.2) is 4.98 Å². The van der Waals surface area contributed by atoms with Gasteiger partial charge in [-0.1, -0.05) is 29.8 Å². The average molecular weight is 400 g/mol. The van der Waals surface area contributed by atoms with E-state index in [1.54, 1.807) is 42.5 Å². The number of esters is 1. The van der Waals surface area contributed by atoms with E-state index in [0.29, 0.717) is 21.6 Å². The topological polar surface area (TPSA) is 90.3 Å². The molecule has 0 aliphatic carbocycles. The maximum absolute atomic E-state index is 12.4. The van der Waals surface area contributed by atoms with E-state index < -0.39 is 18.0 Å². The van der Waals surface area contributed by atoms with E-state index in [1.807, 2.05) is 6.92 Å². The van der Waals surface area contributed by atoms with Crippen LogP contribution in [0.2, 0.25) is 5.02 Å². The zero-order valence-corrected chi connectivity index (χ0v) is 16.1. The highest BCUT2D eigenvalue weighted by molar-refractivity contribution is 6.31. The van der Waals surface area contributed by atoms with Gasteiger partial charge in [0.15, 0.2) is 6.10 Å². The second kappa shape index (κ2) is 8.22. The summed E-state index contributed by atoms with van der Waals surface area (Å²) in [7, 11) is 0. The van der Waals surface area contributed by atoms with Gasteiger partial charge in [0, 0.05) is 10.7 Å². The third-order valence-electron chi connectivity index (χ3n) is 4.17. The molecule has 0 aliphatic rings. The van der Waals surface area contributed by atoms with E-state index in [4.69, 9.17) is 16.3 Å². The Balaban J connectivity index is 1.66. The maximum atomic E-state index is 12.4. The number of hydrogen-bond acceptors (Lipinski definition) is 5. The van der Waals surface area contributed by atoms with Gasteiger partial charge < -0.3 is 10.1 Å². The number of hydrogen-bond donors (Lipinski definition) is 1. The van der Waals surface area contributed by atoms with E-state index in [9.17, 15) is 14.4 Å². The van der Waals surface area contributed by atoms with Gasteiger partial charge in [-0.15, -0.1) is 0 Å². The van der Waals surface area contributed by atoms with Gasteiger partial charge in [0.1, 0.15) is 6.54 Å². The van der Waals surface area contributed by atoms with Crippen LogP contribution in [-0.2, 0) is 20.9 Å². The third-order valence-corrected chi connectivity index (χ3v) is 4.40. The highest BCUT2D eigenvalue weighted by atomic mass is 35.5. The van der Waals surface area contributed by atoms with E-state index in [0.717, 1.165) is 10.1 Å². The highest BCUT2D eigenvalue weighted by Crippen LogP contribution is 2.20. The van der Waals surface area contributed by atoms with Crippen LogP contribution >= 0.6 is 11.6 Å². The molecule has 2 aromatic carbocycles. The van der Waals surface area contributed by atoms with Crippen molar-refractivity contribution < 1.29 is 14.3 Å². The monoisotopic (exact) mass is 399 g/mol. The standard InChI is InChI=1S/C20H18ClN3O4/c1-12-7-8-14(21)9-17(12)23-19(26)13(2)28-18(25)10-24-11-22-16-6-4-3-5-15(16)20(24)27/h3-9,11,13H,10H2,1-2H3,(H,23,26). The minimum atomic E-state index is -1.05. The van der Waals surface area contributed by atoms with Crippen molar-refractivity contribution in [3.05, 3.63) is 69.7 Å².